The summed E-state index contributed by atoms with van der Waals surface area (Å²) in [5, 5.41) is 3.52. The largest absolute Gasteiger partial charge is 0.374 e. The normalized spacial score (nSPS) is 17.1. The number of amidine groups is 1. The van der Waals surface area contributed by atoms with Gasteiger partial charge in [0.05, 0.1) is 16.6 Å². The molecule has 2 rings (SSSR count). The Labute approximate surface area is 159 Å². The second kappa shape index (κ2) is 8.90. The van der Waals surface area contributed by atoms with Crippen molar-refractivity contribution in [3.63, 3.8) is 0 Å². The summed E-state index contributed by atoms with van der Waals surface area (Å²) >= 11 is 5.28. The van der Waals surface area contributed by atoms with E-state index in [2.05, 4.69) is 41.3 Å². The third kappa shape index (κ3) is 5.35. The first kappa shape index (κ1) is 20.0. The molecule has 0 spiro atoms. The van der Waals surface area contributed by atoms with E-state index in [-0.39, 0.29) is 0 Å². The van der Waals surface area contributed by atoms with Crippen molar-refractivity contribution < 1.29 is 4.21 Å². The van der Waals surface area contributed by atoms with Gasteiger partial charge < -0.3 is 10.2 Å². The molecule has 1 aliphatic rings. The summed E-state index contributed by atoms with van der Waals surface area (Å²) < 4.78 is 12.8. The lowest BCUT2D eigenvalue weighted by Gasteiger charge is -2.22. The molecule has 1 unspecified atom stereocenters. The van der Waals surface area contributed by atoms with Crippen LogP contribution in [0.3, 0.4) is 0 Å². The van der Waals surface area contributed by atoms with Crippen LogP contribution < -0.4 is 10.2 Å². The van der Waals surface area contributed by atoms with Gasteiger partial charge in [-0.05, 0) is 31.9 Å². The van der Waals surface area contributed by atoms with Gasteiger partial charge in [-0.2, -0.15) is 0 Å². The summed E-state index contributed by atoms with van der Waals surface area (Å²) in [5.41, 5.74) is 1.77. The van der Waals surface area contributed by atoms with Crippen LogP contribution in [0.1, 0.15) is 52.0 Å². The molecular formula is C19H29N3OS2. The Hall–Kier alpha value is -1.27. The highest BCUT2D eigenvalue weighted by Crippen LogP contribution is 2.23. The first-order chi connectivity index (χ1) is 11.8. The van der Waals surface area contributed by atoms with E-state index in [0.717, 1.165) is 17.8 Å². The van der Waals surface area contributed by atoms with Crippen molar-refractivity contribution in [2.45, 2.75) is 57.7 Å². The van der Waals surface area contributed by atoms with E-state index >= 15 is 0 Å². The van der Waals surface area contributed by atoms with Gasteiger partial charge in [-0.1, -0.05) is 56.6 Å². The number of nitrogens with one attached hydrogen (secondary N) is 1. The van der Waals surface area contributed by atoms with E-state index in [1.807, 2.05) is 26.0 Å². The zero-order chi connectivity index (χ0) is 18.4. The van der Waals surface area contributed by atoms with Crippen LogP contribution in [-0.2, 0) is 16.6 Å². The van der Waals surface area contributed by atoms with E-state index < -0.39 is 16.3 Å². The number of benzene rings is 1. The van der Waals surface area contributed by atoms with Gasteiger partial charge in [-0.15, -0.1) is 0 Å². The predicted molar refractivity (Wildman–Crippen MR) is 113 cm³/mol. The van der Waals surface area contributed by atoms with Crippen LogP contribution in [-0.4, -0.2) is 33.5 Å². The molecule has 0 aliphatic carbocycles. The van der Waals surface area contributed by atoms with E-state index in [0.29, 0.717) is 15.9 Å². The Morgan fingerprint density at radius 2 is 1.96 bits per heavy atom. The molecular weight excluding hydrogens is 350 g/mol. The van der Waals surface area contributed by atoms with Gasteiger partial charge >= 0.3 is 0 Å². The van der Waals surface area contributed by atoms with Crippen molar-refractivity contribution in [1.82, 2.24) is 5.32 Å². The molecule has 138 valence electrons. The van der Waals surface area contributed by atoms with Crippen molar-refractivity contribution in [2.75, 3.05) is 18.5 Å². The number of hydrogen-bond acceptors (Lipinski definition) is 4. The number of thiocarbonyl (C=S) groups is 1. The molecule has 1 atom stereocenters. The molecule has 0 saturated heterocycles. The van der Waals surface area contributed by atoms with Crippen molar-refractivity contribution >= 4 is 38.9 Å². The standard InChI is InChI=1S/C19H29N3OS2/c1-5-6-7-10-13-22(4)16-12-9-8-11-15(16)14-25(23)18-20-17(24)19(2,3)21-18/h8-9,11-12H,5-7,10,13-14H2,1-4H3,(H,20,21,24). The molecule has 0 amide bonds. The molecule has 25 heavy (non-hydrogen) atoms. The van der Waals surface area contributed by atoms with Gasteiger partial charge in [0, 0.05) is 19.3 Å². The van der Waals surface area contributed by atoms with Gasteiger partial charge in [0.25, 0.3) is 0 Å². The molecule has 0 radical (unpaired) electrons. The lowest BCUT2D eigenvalue weighted by atomic mass is 10.1. The molecule has 0 saturated carbocycles. The maximum absolute atomic E-state index is 12.8. The monoisotopic (exact) mass is 379 g/mol. The number of aliphatic imine (C=N–C) groups is 1. The Morgan fingerprint density at radius 1 is 1.24 bits per heavy atom. The fourth-order valence-electron chi connectivity index (χ4n) is 2.80. The summed E-state index contributed by atoms with van der Waals surface area (Å²) in [6, 6.07) is 8.19. The third-order valence-corrected chi connectivity index (χ3v) is 6.21. The quantitative estimate of drug-likeness (QED) is 0.547. The third-order valence-electron chi connectivity index (χ3n) is 4.41. The number of hydrogen-bond donors (Lipinski definition) is 1. The first-order valence-corrected chi connectivity index (χ1v) is 10.7. The fraction of sp³-hybridized carbons (Fsp3) is 0.579. The number of anilines is 1. The Bertz CT molecular complexity index is 670. The average Bonchev–Trinajstić information content (AvgIpc) is 2.85. The van der Waals surface area contributed by atoms with Gasteiger partial charge in [0.2, 0.25) is 0 Å². The molecule has 1 N–H and O–H groups in total. The lowest BCUT2D eigenvalue weighted by molar-refractivity contribution is 0.660. The molecule has 0 fully saturated rings. The van der Waals surface area contributed by atoms with Crippen molar-refractivity contribution in [3.8, 4) is 0 Å². The number of rotatable bonds is 8. The Balaban J connectivity index is 2.05. The van der Waals surface area contributed by atoms with Crippen molar-refractivity contribution in [3.05, 3.63) is 29.8 Å². The van der Waals surface area contributed by atoms with Gasteiger partial charge in [-0.3, -0.25) is 4.21 Å². The SMILES string of the molecule is CCCCCCN(C)c1ccccc1CS(=O)C1=NC(C)(C)C(=S)N1. The Kier molecular flexibility index (Phi) is 7.14. The van der Waals surface area contributed by atoms with Crippen LogP contribution >= 0.6 is 12.2 Å². The molecule has 1 aromatic carbocycles. The topological polar surface area (TPSA) is 44.7 Å². The van der Waals surface area contributed by atoms with Gasteiger partial charge in [0.15, 0.2) is 5.17 Å². The number of unbranched alkanes of at least 4 members (excludes halogenated alkanes) is 3. The van der Waals surface area contributed by atoms with E-state index in [1.54, 1.807) is 0 Å². The number of para-hydroxylation sites is 1. The van der Waals surface area contributed by atoms with Crippen molar-refractivity contribution in [1.29, 1.82) is 0 Å². The summed E-state index contributed by atoms with van der Waals surface area (Å²) in [6.07, 6.45) is 4.95. The van der Waals surface area contributed by atoms with Crippen LogP contribution in [0.25, 0.3) is 0 Å². The maximum atomic E-state index is 12.8. The zero-order valence-electron chi connectivity index (χ0n) is 15.7. The predicted octanol–water partition coefficient (Wildman–Crippen LogP) is 4.02. The molecule has 4 nitrogen and oxygen atoms in total. The molecule has 6 heteroatoms. The minimum Gasteiger partial charge on any atom is -0.374 e. The second-order valence-electron chi connectivity index (χ2n) is 7.03. The molecule has 0 bridgehead atoms. The molecule has 1 heterocycles. The second-order valence-corrected chi connectivity index (χ2v) is 8.81. The highest BCUT2D eigenvalue weighted by atomic mass is 32.2. The van der Waals surface area contributed by atoms with E-state index in [4.69, 9.17) is 12.2 Å². The lowest BCUT2D eigenvalue weighted by Crippen LogP contribution is -2.34. The smallest absolute Gasteiger partial charge is 0.193 e. The van der Waals surface area contributed by atoms with Crippen molar-refractivity contribution in [2.24, 2.45) is 4.99 Å². The van der Waals surface area contributed by atoms with E-state index in [9.17, 15) is 4.21 Å². The van der Waals surface area contributed by atoms with Crippen LogP contribution in [0.5, 0.6) is 0 Å². The summed E-state index contributed by atoms with van der Waals surface area (Å²) in [7, 11) is 0.884. The molecule has 1 aromatic rings. The number of nitrogens with zero attached hydrogens (tertiary/aromatic N) is 2. The van der Waals surface area contributed by atoms with Crippen LogP contribution in [0.2, 0.25) is 0 Å². The van der Waals surface area contributed by atoms with Crippen LogP contribution in [0, 0.1) is 0 Å². The fourth-order valence-corrected chi connectivity index (χ4v) is 4.22. The molecule has 1 aliphatic heterocycles. The maximum Gasteiger partial charge on any atom is 0.193 e. The van der Waals surface area contributed by atoms with Crippen LogP contribution in [0.4, 0.5) is 5.69 Å². The highest BCUT2D eigenvalue weighted by Gasteiger charge is 2.32. The summed E-state index contributed by atoms with van der Waals surface area (Å²) in [5.74, 6) is 0.444. The Morgan fingerprint density at radius 3 is 2.60 bits per heavy atom. The summed E-state index contributed by atoms with van der Waals surface area (Å²) in [6.45, 7) is 7.11. The summed E-state index contributed by atoms with van der Waals surface area (Å²) in [4.78, 5) is 7.39. The minimum absolute atomic E-state index is 0.444. The minimum atomic E-state index is -1.22. The average molecular weight is 380 g/mol. The highest BCUT2D eigenvalue weighted by molar-refractivity contribution is 8.00. The van der Waals surface area contributed by atoms with Crippen LogP contribution in [0.15, 0.2) is 29.3 Å². The van der Waals surface area contributed by atoms with Gasteiger partial charge in [0.1, 0.15) is 10.5 Å². The van der Waals surface area contributed by atoms with E-state index in [1.165, 1.54) is 25.7 Å². The van der Waals surface area contributed by atoms with Gasteiger partial charge in [-0.25, -0.2) is 4.99 Å². The first-order valence-electron chi connectivity index (χ1n) is 8.94. The zero-order valence-corrected chi connectivity index (χ0v) is 17.3. The molecule has 0 aromatic heterocycles.